The van der Waals surface area contributed by atoms with Gasteiger partial charge in [-0.3, -0.25) is 4.79 Å². The summed E-state index contributed by atoms with van der Waals surface area (Å²) in [5.41, 5.74) is 4.37. The van der Waals surface area contributed by atoms with Gasteiger partial charge in [-0.1, -0.05) is 36.0 Å². The molecule has 4 aromatic rings. The zero-order valence-corrected chi connectivity index (χ0v) is 19.1. The molecule has 0 unspecified atom stereocenters. The van der Waals surface area contributed by atoms with Crippen molar-refractivity contribution in [3.05, 3.63) is 77.4 Å². The first-order chi connectivity index (χ1) is 15.1. The largest absolute Gasteiger partial charge is 0.493 e. The number of aryl methyl sites for hydroxylation is 1. The van der Waals surface area contributed by atoms with E-state index in [9.17, 15) is 4.79 Å². The number of ether oxygens (including phenoxy) is 2. The van der Waals surface area contributed by atoms with Crippen LogP contribution in [0.4, 0.5) is 5.69 Å². The van der Waals surface area contributed by atoms with E-state index in [4.69, 9.17) is 9.47 Å². The number of nitrogens with one attached hydrogen (secondary N) is 1. The summed E-state index contributed by atoms with van der Waals surface area (Å²) in [5, 5.41) is 2.96. The van der Waals surface area contributed by atoms with Crippen LogP contribution in [-0.2, 0) is 5.75 Å². The van der Waals surface area contributed by atoms with Crippen LogP contribution < -0.4 is 14.8 Å². The molecule has 1 aromatic heterocycles. The number of carbonyl (C=O) groups is 1. The maximum atomic E-state index is 12.7. The van der Waals surface area contributed by atoms with Gasteiger partial charge in [-0.15, -0.1) is 11.3 Å². The van der Waals surface area contributed by atoms with Gasteiger partial charge in [-0.25, -0.2) is 4.98 Å². The second-order valence-corrected chi connectivity index (χ2v) is 9.16. The van der Waals surface area contributed by atoms with Crippen molar-refractivity contribution >= 4 is 44.9 Å². The molecule has 0 aliphatic rings. The highest BCUT2D eigenvalue weighted by atomic mass is 32.2. The van der Waals surface area contributed by atoms with Crippen molar-refractivity contribution in [2.75, 3.05) is 19.5 Å². The van der Waals surface area contributed by atoms with Gasteiger partial charge in [0, 0.05) is 23.1 Å². The number of benzene rings is 3. The van der Waals surface area contributed by atoms with E-state index in [-0.39, 0.29) is 5.91 Å². The van der Waals surface area contributed by atoms with Crippen molar-refractivity contribution in [3.63, 3.8) is 0 Å². The van der Waals surface area contributed by atoms with E-state index < -0.39 is 0 Å². The monoisotopic (exact) mass is 450 g/mol. The molecular formula is C24H22N2O3S2. The van der Waals surface area contributed by atoms with Crippen molar-refractivity contribution in [2.24, 2.45) is 0 Å². The van der Waals surface area contributed by atoms with Crippen LogP contribution in [0, 0.1) is 6.92 Å². The van der Waals surface area contributed by atoms with E-state index in [1.807, 2.05) is 55.5 Å². The second-order valence-electron chi connectivity index (χ2n) is 6.91. The molecule has 5 nitrogen and oxygen atoms in total. The number of methoxy groups -OCH3 is 2. The second kappa shape index (κ2) is 9.41. The Kier molecular flexibility index (Phi) is 6.44. The van der Waals surface area contributed by atoms with Gasteiger partial charge in [-0.2, -0.15) is 0 Å². The molecule has 1 heterocycles. The lowest BCUT2D eigenvalue weighted by atomic mass is 10.1. The van der Waals surface area contributed by atoms with Crippen LogP contribution in [0.25, 0.3) is 10.2 Å². The molecule has 7 heteroatoms. The highest BCUT2D eigenvalue weighted by molar-refractivity contribution is 8.00. The molecule has 158 valence electrons. The molecule has 0 saturated carbocycles. The van der Waals surface area contributed by atoms with Crippen LogP contribution in [0.5, 0.6) is 11.5 Å². The molecule has 0 atom stereocenters. The standard InChI is InChI=1S/C24H22N2O3S2/c1-15-12-20(28-2)21(29-3)13-19(15)25-23(27)17-10-8-16(9-11-17)14-30-24-26-18-6-4-5-7-22(18)31-24/h4-13H,14H2,1-3H3,(H,25,27). The average Bonchev–Trinajstić information content (AvgIpc) is 3.22. The van der Waals surface area contributed by atoms with Crippen LogP contribution in [0.2, 0.25) is 0 Å². The summed E-state index contributed by atoms with van der Waals surface area (Å²) in [7, 11) is 3.16. The molecule has 0 aliphatic heterocycles. The number of amides is 1. The van der Waals surface area contributed by atoms with Gasteiger partial charge >= 0.3 is 0 Å². The third kappa shape index (κ3) is 4.84. The normalized spacial score (nSPS) is 10.8. The molecule has 3 aromatic carbocycles. The minimum Gasteiger partial charge on any atom is -0.493 e. The number of rotatable bonds is 7. The number of nitrogens with zero attached hydrogens (tertiary/aromatic N) is 1. The topological polar surface area (TPSA) is 60.5 Å². The van der Waals surface area contributed by atoms with Crippen molar-refractivity contribution in [1.29, 1.82) is 0 Å². The summed E-state index contributed by atoms with van der Waals surface area (Å²) in [4.78, 5) is 17.4. The molecular weight excluding hydrogens is 428 g/mol. The Bertz CT molecular complexity index is 1190. The number of para-hydroxylation sites is 1. The summed E-state index contributed by atoms with van der Waals surface area (Å²) in [6.07, 6.45) is 0. The number of aromatic nitrogens is 1. The summed E-state index contributed by atoms with van der Waals surface area (Å²) >= 11 is 3.41. The molecule has 1 N–H and O–H groups in total. The Morgan fingerprint density at radius 1 is 1.03 bits per heavy atom. The fraction of sp³-hybridized carbons (Fsp3) is 0.167. The first kappa shape index (κ1) is 21.2. The Labute approximate surface area is 189 Å². The van der Waals surface area contributed by atoms with Gasteiger partial charge < -0.3 is 14.8 Å². The average molecular weight is 451 g/mol. The first-order valence-electron chi connectivity index (χ1n) is 9.68. The predicted octanol–water partition coefficient (Wildman–Crippen LogP) is 6.17. The van der Waals surface area contributed by atoms with E-state index in [2.05, 4.69) is 16.4 Å². The van der Waals surface area contributed by atoms with Gasteiger partial charge in [0.2, 0.25) is 0 Å². The molecule has 0 saturated heterocycles. The first-order valence-corrected chi connectivity index (χ1v) is 11.5. The highest BCUT2D eigenvalue weighted by Crippen LogP contribution is 2.33. The summed E-state index contributed by atoms with van der Waals surface area (Å²) in [6, 6.07) is 19.4. The van der Waals surface area contributed by atoms with Crippen molar-refractivity contribution in [2.45, 2.75) is 17.0 Å². The van der Waals surface area contributed by atoms with Crippen molar-refractivity contribution < 1.29 is 14.3 Å². The minimum atomic E-state index is -0.166. The maximum Gasteiger partial charge on any atom is 0.255 e. The van der Waals surface area contributed by atoms with Crippen LogP contribution in [0.1, 0.15) is 21.5 Å². The van der Waals surface area contributed by atoms with Gasteiger partial charge in [-0.05, 0) is 48.4 Å². The molecule has 1 amide bonds. The number of fused-ring (bicyclic) bond motifs is 1. The van der Waals surface area contributed by atoms with E-state index in [1.54, 1.807) is 43.4 Å². The van der Waals surface area contributed by atoms with Crippen LogP contribution in [0.15, 0.2) is 65.0 Å². The number of hydrogen-bond donors (Lipinski definition) is 1. The minimum absolute atomic E-state index is 0.166. The van der Waals surface area contributed by atoms with Crippen molar-refractivity contribution in [1.82, 2.24) is 4.98 Å². The third-order valence-corrected chi connectivity index (χ3v) is 7.08. The highest BCUT2D eigenvalue weighted by Gasteiger charge is 2.12. The van der Waals surface area contributed by atoms with E-state index in [0.29, 0.717) is 22.7 Å². The van der Waals surface area contributed by atoms with E-state index in [1.165, 1.54) is 4.70 Å². The third-order valence-electron chi connectivity index (χ3n) is 4.83. The summed E-state index contributed by atoms with van der Waals surface area (Å²) < 4.78 is 12.9. The Balaban J connectivity index is 1.41. The zero-order valence-electron chi connectivity index (χ0n) is 17.5. The molecule has 31 heavy (non-hydrogen) atoms. The molecule has 0 bridgehead atoms. The number of thioether (sulfide) groups is 1. The van der Waals surface area contributed by atoms with E-state index >= 15 is 0 Å². The smallest absolute Gasteiger partial charge is 0.255 e. The van der Waals surface area contributed by atoms with Gasteiger partial charge in [0.1, 0.15) is 0 Å². The molecule has 0 spiro atoms. The molecule has 0 fully saturated rings. The quantitative estimate of drug-likeness (QED) is 0.341. The zero-order chi connectivity index (χ0) is 21.8. The SMILES string of the molecule is COc1cc(C)c(NC(=O)c2ccc(CSc3nc4ccccc4s3)cc2)cc1OC. The van der Waals surface area contributed by atoms with Crippen molar-refractivity contribution in [3.8, 4) is 11.5 Å². The summed E-state index contributed by atoms with van der Waals surface area (Å²) in [6.45, 7) is 1.92. The Hall–Kier alpha value is -3.03. The Morgan fingerprint density at radius 2 is 1.74 bits per heavy atom. The molecule has 4 rings (SSSR count). The molecule has 0 radical (unpaired) electrons. The van der Waals surface area contributed by atoms with Gasteiger partial charge in [0.05, 0.1) is 24.4 Å². The maximum absolute atomic E-state index is 12.7. The van der Waals surface area contributed by atoms with Crippen LogP contribution in [0.3, 0.4) is 0 Å². The van der Waals surface area contributed by atoms with Crippen LogP contribution in [-0.4, -0.2) is 25.1 Å². The number of thiazole rings is 1. The fourth-order valence-electron chi connectivity index (χ4n) is 3.12. The predicted molar refractivity (Wildman–Crippen MR) is 128 cm³/mol. The Morgan fingerprint density at radius 3 is 2.45 bits per heavy atom. The summed E-state index contributed by atoms with van der Waals surface area (Å²) in [5.74, 6) is 1.84. The lowest BCUT2D eigenvalue weighted by Crippen LogP contribution is -2.13. The van der Waals surface area contributed by atoms with Gasteiger partial charge in [0.15, 0.2) is 15.8 Å². The van der Waals surface area contributed by atoms with E-state index in [0.717, 1.165) is 26.7 Å². The number of hydrogen-bond acceptors (Lipinski definition) is 6. The van der Waals surface area contributed by atoms with Crippen LogP contribution >= 0.6 is 23.1 Å². The number of anilines is 1. The number of carbonyl (C=O) groups excluding carboxylic acids is 1. The fourth-order valence-corrected chi connectivity index (χ4v) is 5.14. The lowest BCUT2D eigenvalue weighted by Gasteiger charge is -2.13. The molecule has 0 aliphatic carbocycles. The van der Waals surface area contributed by atoms with Gasteiger partial charge in [0.25, 0.3) is 5.91 Å². The lowest BCUT2D eigenvalue weighted by molar-refractivity contribution is 0.102.